The fourth-order valence-corrected chi connectivity index (χ4v) is 1.43. The third kappa shape index (κ3) is 3.94. The van der Waals surface area contributed by atoms with E-state index in [4.69, 9.17) is 0 Å². The van der Waals surface area contributed by atoms with Crippen LogP contribution in [-0.2, 0) is 0 Å². The van der Waals surface area contributed by atoms with Crippen LogP contribution in [0.25, 0.3) is 0 Å². The van der Waals surface area contributed by atoms with Crippen LogP contribution in [0, 0.1) is 11.8 Å². The predicted molar refractivity (Wildman–Crippen MR) is 52.9 cm³/mol. The van der Waals surface area contributed by atoms with Gasteiger partial charge in [0.2, 0.25) is 0 Å². The Morgan fingerprint density at radius 1 is 1.27 bits per heavy atom. The van der Waals surface area contributed by atoms with E-state index in [2.05, 4.69) is 15.9 Å². The average Bonchev–Trinajstić information content (AvgIpc) is 2.14. The largest absolute Gasteiger partial charge is 0.457 e. The molecule has 1 aromatic rings. The highest BCUT2D eigenvalue weighted by atomic mass is 79.9. The molecule has 0 spiro atoms. The molecule has 1 aromatic carbocycles. The summed E-state index contributed by atoms with van der Waals surface area (Å²) in [6.45, 7) is 0. The van der Waals surface area contributed by atoms with Gasteiger partial charge < -0.3 is 5.11 Å². The van der Waals surface area contributed by atoms with Gasteiger partial charge in [-0.2, -0.15) is 13.2 Å². The highest BCUT2D eigenvalue weighted by Gasteiger charge is 2.23. The van der Waals surface area contributed by atoms with Crippen molar-refractivity contribution in [2.24, 2.45) is 0 Å². The van der Waals surface area contributed by atoms with E-state index < -0.39 is 12.3 Å². The van der Waals surface area contributed by atoms with Crippen molar-refractivity contribution in [3.63, 3.8) is 0 Å². The molecule has 0 amide bonds. The van der Waals surface area contributed by atoms with Gasteiger partial charge in [-0.15, -0.1) is 0 Å². The summed E-state index contributed by atoms with van der Waals surface area (Å²) in [6.07, 6.45) is -6.02. The number of alkyl halides is 3. The maximum Gasteiger partial charge on any atom is 0.457 e. The van der Waals surface area contributed by atoms with Crippen LogP contribution in [0.15, 0.2) is 28.7 Å². The quantitative estimate of drug-likeness (QED) is 0.783. The second-order valence-electron chi connectivity index (χ2n) is 2.69. The molecule has 0 aliphatic heterocycles. The SMILES string of the molecule is OC(C#CC(F)(F)F)c1ccccc1Br. The summed E-state index contributed by atoms with van der Waals surface area (Å²) in [5.41, 5.74) is 0.314. The van der Waals surface area contributed by atoms with Crippen LogP contribution >= 0.6 is 15.9 Å². The van der Waals surface area contributed by atoms with Gasteiger partial charge in [0.25, 0.3) is 0 Å². The van der Waals surface area contributed by atoms with E-state index in [9.17, 15) is 18.3 Å². The number of aliphatic hydroxyl groups excluding tert-OH is 1. The van der Waals surface area contributed by atoms with Gasteiger partial charge >= 0.3 is 6.18 Å². The molecular weight excluding hydrogens is 273 g/mol. The van der Waals surface area contributed by atoms with Crippen LogP contribution in [0.2, 0.25) is 0 Å². The monoisotopic (exact) mass is 278 g/mol. The Morgan fingerprint density at radius 3 is 2.40 bits per heavy atom. The summed E-state index contributed by atoms with van der Waals surface area (Å²) >= 11 is 3.11. The normalized spacial score (nSPS) is 12.9. The summed E-state index contributed by atoms with van der Waals surface area (Å²) in [6, 6.07) is 6.42. The Bertz CT molecular complexity index is 403. The van der Waals surface area contributed by atoms with Gasteiger partial charge in [-0.1, -0.05) is 40.0 Å². The van der Waals surface area contributed by atoms with Crippen molar-refractivity contribution < 1.29 is 18.3 Å². The van der Waals surface area contributed by atoms with Crippen LogP contribution in [0.5, 0.6) is 0 Å². The zero-order valence-corrected chi connectivity index (χ0v) is 8.93. The first-order chi connectivity index (χ1) is 6.90. The molecule has 15 heavy (non-hydrogen) atoms. The highest BCUT2D eigenvalue weighted by Crippen LogP contribution is 2.23. The molecule has 5 heteroatoms. The number of benzene rings is 1. The van der Waals surface area contributed by atoms with E-state index in [1.165, 1.54) is 6.07 Å². The highest BCUT2D eigenvalue weighted by molar-refractivity contribution is 9.10. The number of hydrogen-bond acceptors (Lipinski definition) is 1. The lowest BCUT2D eigenvalue weighted by atomic mass is 10.1. The molecule has 0 heterocycles. The molecule has 80 valence electrons. The van der Waals surface area contributed by atoms with Crippen molar-refractivity contribution >= 4 is 15.9 Å². The van der Waals surface area contributed by atoms with Crippen LogP contribution in [0.1, 0.15) is 11.7 Å². The standard InChI is InChI=1S/C10H6BrF3O/c11-8-4-2-1-3-7(8)9(15)5-6-10(12,13)14/h1-4,9,15H. The van der Waals surface area contributed by atoms with E-state index in [1.807, 2.05) is 0 Å². The Balaban J connectivity index is 2.90. The average molecular weight is 279 g/mol. The molecule has 1 nitrogen and oxygen atoms in total. The number of aliphatic hydroxyl groups is 1. The van der Waals surface area contributed by atoms with Gasteiger partial charge in [0.05, 0.1) is 0 Å². The zero-order chi connectivity index (χ0) is 11.5. The van der Waals surface area contributed by atoms with E-state index in [-0.39, 0.29) is 0 Å². The maximum atomic E-state index is 11.7. The minimum absolute atomic E-state index is 0.314. The molecule has 0 saturated carbocycles. The molecule has 0 aliphatic rings. The molecule has 0 aromatic heterocycles. The molecule has 0 bridgehead atoms. The first kappa shape index (κ1) is 12.1. The van der Waals surface area contributed by atoms with Crippen LogP contribution in [0.4, 0.5) is 13.2 Å². The van der Waals surface area contributed by atoms with Crippen LogP contribution in [-0.4, -0.2) is 11.3 Å². The van der Waals surface area contributed by atoms with Crippen molar-refractivity contribution in [1.82, 2.24) is 0 Å². The number of rotatable bonds is 1. The summed E-state index contributed by atoms with van der Waals surface area (Å²) in [7, 11) is 0. The van der Waals surface area contributed by atoms with Gasteiger partial charge in [0.1, 0.15) is 6.10 Å². The Morgan fingerprint density at radius 2 is 1.87 bits per heavy atom. The first-order valence-electron chi connectivity index (χ1n) is 3.92. The fraction of sp³-hybridized carbons (Fsp3) is 0.200. The second-order valence-corrected chi connectivity index (χ2v) is 3.55. The van der Waals surface area contributed by atoms with Crippen LogP contribution < -0.4 is 0 Å². The van der Waals surface area contributed by atoms with Crippen molar-refractivity contribution in [3.05, 3.63) is 34.3 Å². The summed E-state index contributed by atoms with van der Waals surface area (Å²) < 4.78 is 35.7. The molecule has 0 saturated heterocycles. The summed E-state index contributed by atoms with van der Waals surface area (Å²) in [4.78, 5) is 0. The van der Waals surface area contributed by atoms with E-state index in [0.29, 0.717) is 10.0 Å². The molecular formula is C10H6BrF3O. The number of halogens is 4. The maximum absolute atomic E-state index is 11.7. The van der Waals surface area contributed by atoms with Gasteiger partial charge in [0.15, 0.2) is 0 Å². The Labute approximate surface area is 93.0 Å². The third-order valence-electron chi connectivity index (χ3n) is 1.55. The summed E-state index contributed by atoms with van der Waals surface area (Å²) in [5, 5.41) is 9.36. The van der Waals surface area contributed by atoms with Crippen molar-refractivity contribution in [3.8, 4) is 11.8 Å². The van der Waals surface area contributed by atoms with Gasteiger partial charge in [0, 0.05) is 16.0 Å². The molecule has 0 aliphatic carbocycles. The predicted octanol–water partition coefficient (Wildman–Crippen LogP) is 3.05. The van der Waals surface area contributed by atoms with Crippen molar-refractivity contribution in [1.29, 1.82) is 0 Å². The van der Waals surface area contributed by atoms with E-state index in [1.54, 1.807) is 24.1 Å². The third-order valence-corrected chi connectivity index (χ3v) is 2.27. The lowest BCUT2D eigenvalue weighted by Crippen LogP contribution is -2.03. The van der Waals surface area contributed by atoms with Gasteiger partial charge in [-0.05, 0) is 6.07 Å². The van der Waals surface area contributed by atoms with Gasteiger partial charge in [-0.25, -0.2) is 0 Å². The van der Waals surface area contributed by atoms with Crippen molar-refractivity contribution in [2.75, 3.05) is 0 Å². The first-order valence-corrected chi connectivity index (χ1v) is 4.71. The second kappa shape index (κ2) is 4.69. The smallest absolute Gasteiger partial charge is 0.376 e. The van der Waals surface area contributed by atoms with Crippen molar-refractivity contribution in [2.45, 2.75) is 12.3 Å². The molecule has 0 fully saturated rings. The zero-order valence-electron chi connectivity index (χ0n) is 7.35. The lowest BCUT2D eigenvalue weighted by molar-refractivity contribution is -0.0700. The minimum atomic E-state index is -4.58. The molecule has 1 rings (SSSR count). The molecule has 1 unspecified atom stereocenters. The molecule has 1 atom stereocenters. The molecule has 0 radical (unpaired) electrons. The topological polar surface area (TPSA) is 20.2 Å². The van der Waals surface area contributed by atoms with E-state index >= 15 is 0 Å². The Kier molecular flexibility index (Phi) is 3.77. The minimum Gasteiger partial charge on any atom is -0.376 e. The fourth-order valence-electron chi connectivity index (χ4n) is 0.925. The number of hydrogen-bond donors (Lipinski definition) is 1. The summed E-state index contributed by atoms with van der Waals surface area (Å²) in [5.74, 6) is 2.76. The van der Waals surface area contributed by atoms with Crippen LogP contribution in [0.3, 0.4) is 0 Å². The van der Waals surface area contributed by atoms with Gasteiger partial charge in [-0.3, -0.25) is 0 Å². The Hall–Kier alpha value is -0.990. The lowest BCUT2D eigenvalue weighted by Gasteiger charge is -2.05. The van der Waals surface area contributed by atoms with E-state index in [0.717, 1.165) is 5.92 Å². The molecule has 1 N–H and O–H groups in total.